The molecule has 2 bridgehead atoms. The number of thioether (sulfide) groups is 1. The van der Waals surface area contributed by atoms with Crippen LogP contribution < -0.4 is 0 Å². The maximum absolute atomic E-state index is 14.8. The number of rotatable bonds is 13. The van der Waals surface area contributed by atoms with E-state index in [9.17, 15) is 19.5 Å². The number of carbonyl (C=O) groups excluding carboxylic acids is 3. The Labute approximate surface area is 251 Å². The van der Waals surface area contributed by atoms with Gasteiger partial charge in [-0.15, -0.1) is 30.0 Å². The van der Waals surface area contributed by atoms with Gasteiger partial charge in [0.05, 0.1) is 41.4 Å². The van der Waals surface area contributed by atoms with Gasteiger partial charge in [-0.1, -0.05) is 49.8 Å². The van der Waals surface area contributed by atoms with Crippen molar-refractivity contribution in [2.45, 2.75) is 74.7 Å². The molecule has 2 amide bonds. The van der Waals surface area contributed by atoms with Gasteiger partial charge in [-0.25, -0.2) is 4.68 Å². The second kappa shape index (κ2) is 11.8. The quantitative estimate of drug-likeness (QED) is 0.213. The number of likely N-dealkylation sites (tertiary alicyclic amines) is 1. The molecular weight excluding hydrogens is 554 g/mol. The maximum atomic E-state index is 14.8. The number of aliphatic hydroxyl groups excluding tert-OH is 1. The Bertz CT molecular complexity index is 1380. The van der Waals surface area contributed by atoms with Crippen molar-refractivity contribution in [1.82, 2.24) is 24.8 Å². The first kappa shape index (κ1) is 30.3. The zero-order valence-electron chi connectivity index (χ0n) is 24.6. The molecule has 3 saturated heterocycles. The number of nitrogens with zero attached hydrogens (tertiary/aromatic N) is 5. The summed E-state index contributed by atoms with van der Waals surface area (Å²) in [6.45, 7) is 13.9. The highest BCUT2D eigenvalue weighted by molar-refractivity contribution is 8.02. The summed E-state index contributed by atoms with van der Waals surface area (Å²) >= 11 is 1.59. The normalized spacial score (nSPS) is 29.4. The van der Waals surface area contributed by atoms with E-state index in [0.29, 0.717) is 31.2 Å². The van der Waals surface area contributed by atoms with E-state index in [1.54, 1.807) is 38.4 Å². The fraction of sp³-hybridized carbons (Fsp3) is 0.581. The van der Waals surface area contributed by atoms with Crippen LogP contribution in [0.3, 0.4) is 0 Å². The molecule has 42 heavy (non-hydrogen) atoms. The smallest absolute Gasteiger partial charge is 0.311 e. The second-order valence-electron chi connectivity index (χ2n) is 11.9. The minimum atomic E-state index is -0.867. The van der Waals surface area contributed by atoms with Crippen molar-refractivity contribution >= 4 is 40.6 Å². The molecule has 7 atom stereocenters. The molecule has 2 aromatic rings. The highest BCUT2D eigenvalue weighted by atomic mass is 32.2. The number of hydrogen-bond donors (Lipinski definition) is 1. The first-order valence-electron chi connectivity index (χ1n) is 14.8. The molecule has 2 unspecified atom stereocenters. The minimum absolute atomic E-state index is 0.0626. The molecule has 11 heteroatoms. The third-order valence-corrected chi connectivity index (χ3v) is 11.5. The average molecular weight is 596 g/mol. The molecule has 4 heterocycles. The van der Waals surface area contributed by atoms with E-state index in [4.69, 9.17) is 4.74 Å². The number of carbonyl (C=O) groups is 3. The predicted molar refractivity (Wildman–Crippen MR) is 161 cm³/mol. The third-order valence-electron chi connectivity index (χ3n) is 9.50. The molecule has 0 aliphatic carbocycles. The Morgan fingerprint density at radius 1 is 1.29 bits per heavy atom. The highest BCUT2D eigenvalue weighted by Gasteiger charge is 2.78. The molecule has 1 spiro atoms. The van der Waals surface area contributed by atoms with Crippen molar-refractivity contribution in [3.63, 3.8) is 0 Å². The minimum Gasteiger partial charge on any atom is -0.465 e. The van der Waals surface area contributed by atoms with Crippen molar-refractivity contribution in [1.29, 1.82) is 0 Å². The molecule has 226 valence electrons. The summed E-state index contributed by atoms with van der Waals surface area (Å²) < 4.78 is 5.96. The van der Waals surface area contributed by atoms with Crippen molar-refractivity contribution < 1.29 is 24.2 Å². The third kappa shape index (κ3) is 4.74. The zero-order valence-corrected chi connectivity index (χ0v) is 25.5. The van der Waals surface area contributed by atoms with Gasteiger partial charge in [0.1, 0.15) is 18.2 Å². The van der Waals surface area contributed by atoms with Gasteiger partial charge >= 0.3 is 5.97 Å². The summed E-state index contributed by atoms with van der Waals surface area (Å²) in [5.74, 6) is -2.36. The molecule has 3 aliphatic rings. The van der Waals surface area contributed by atoms with Gasteiger partial charge in [0.25, 0.3) is 0 Å². The molecule has 1 aromatic carbocycles. The average Bonchev–Trinajstić information content (AvgIpc) is 3.69. The maximum Gasteiger partial charge on any atom is 0.311 e. The Hall–Kier alpha value is -3.18. The fourth-order valence-electron chi connectivity index (χ4n) is 7.23. The number of hydrogen-bond acceptors (Lipinski definition) is 8. The Morgan fingerprint density at radius 2 is 2.05 bits per heavy atom. The van der Waals surface area contributed by atoms with Gasteiger partial charge in [-0.2, -0.15) is 0 Å². The van der Waals surface area contributed by atoms with Crippen molar-refractivity contribution in [3.05, 3.63) is 49.6 Å². The zero-order chi connectivity index (χ0) is 30.2. The van der Waals surface area contributed by atoms with E-state index >= 15 is 0 Å². The highest BCUT2D eigenvalue weighted by Crippen LogP contribution is 2.72. The van der Waals surface area contributed by atoms with Crippen LogP contribution in [0.1, 0.15) is 46.5 Å². The van der Waals surface area contributed by atoms with Gasteiger partial charge in [-0.05, 0) is 44.2 Å². The van der Waals surface area contributed by atoms with E-state index in [1.807, 2.05) is 45.0 Å². The number of esters is 1. The number of aliphatic hydroxyl groups is 1. The van der Waals surface area contributed by atoms with E-state index in [2.05, 4.69) is 23.5 Å². The van der Waals surface area contributed by atoms with Gasteiger partial charge in [-0.3, -0.25) is 14.4 Å². The lowest BCUT2D eigenvalue weighted by Gasteiger charge is -2.41. The van der Waals surface area contributed by atoms with Crippen molar-refractivity contribution in [3.8, 4) is 0 Å². The molecule has 1 N–H and O–H groups in total. The molecule has 5 rings (SSSR count). The molecule has 0 radical (unpaired) electrons. The molecule has 3 fully saturated rings. The number of benzene rings is 1. The van der Waals surface area contributed by atoms with Gasteiger partial charge in [0.15, 0.2) is 0 Å². The van der Waals surface area contributed by atoms with Crippen LogP contribution in [0.15, 0.2) is 49.6 Å². The second-order valence-corrected chi connectivity index (χ2v) is 13.8. The van der Waals surface area contributed by atoms with Crippen molar-refractivity contribution in [2.24, 2.45) is 17.8 Å². The van der Waals surface area contributed by atoms with Crippen LogP contribution in [-0.4, -0.2) is 89.0 Å². The van der Waals surface area contributed by atoms with E-state index < -0.39 is 39.4 Å². The molecule has 3 aliphatic heterocycles. The molecule has 1 aromatic heterocycles. The predicted octanol–water partition coefficient (Wildman–Crippen LogP) is 3.41. The van der Waals surface area contributed by atoms with Gasteiger partial charge in [0, 0.05) is 11.3 Å². The summed E-state index contributed by atoms with van der Waals surface area (Å²) in [6, 6.07) is 6.10. The summed E-state index contributed by atoms with van der Waals surface area (Å²) in [4.78, 5) is 46.2. The lowest BCUT2D eigenvalue weighted by atomic mass is 9.66. The first-order valence-corrected chi connectivity index (χ1v) is 15.6. The van der Waals surface area contributed by atoms with Crippen LogP contribution in [-0.2, 0) is 25.8 Å². The van der Waals surface area contributed by atoms with Crippen LogP contribution in [0.2, 0.25) is 0 Å². The van der Waals surface area contributed by atoms with Crippen molar-refractivity contribution in [2.75, 3.05) is 19.8 Å². The summed E-state index contributed by atoms with van der Waals surface area (Å²) in [5.41, 5.74) is 1.50. The summed E-state index contributed by atoms with van der Waals surface area (Å²) in [6.07, 6.45) is 5.88. The van der Waals surface area contributed by atoms with Crippen LogP contribution in [0.25, 0.3) is 11.0 Å². The van der Waals surface area contributed by atoms with Crippen LogP contribution >= 0.6 is 11.8 Å². The number of aromatic nitrogens is 3. The summed E-state index contributed by atoms with van der Waals surface area (Å²) in [7, 11) is 0. The molecular formula is C31H41N5O5S. The van der Waals surface area contributed by atoms with Gasteiger partial charge in [0.2, 0.25) is 11.8 Å². The topological polar surface area (TPSA) is 118 Å². The number of para-hydroxylation sites is 1. The monoisotopic (exact) mass is 595 g/mol. The van der Waals surface area contributed by atoms with E-state index in [1.165, 1.54) is 0 Å². The number of fused-ring (bicyclic) bond motifs is 2. The van der Waals surface area contributed by atoms with Crippen LogP contribution in [0, 0.1) is 17.8 Å². The Morgan fingerprint density at radius 3 is 2.74 bits per heavy atom. The Balaban J connectivity index is 1.57. The van der Waals surface area contributed by atoms with Crippen LogP contribution in [0.4, 0.5) is 0 Å². The molecule has 0 saturated carbocycles. The fourth-order valence-corrected chi connectivity index (χ4v) is 9.56. The Kier molecular flexibility index (Phi) is 8.53. The number of ether oxygens (including phenoxy) is 1. The standard InChI is InChI=1S/C31H41N5O5S/c1-6-9-17-41-29(40)25-24-27(38)36(23(18-37)20(4)8-3)26(31(24)15-14-30(25,5)42-31)28(39)34(16-7-2)19-35-22-13-11-10-12-21(22)32-33-35/h6-7,10-13,20,23-26,37H,1-2,8-9,14-19H2,3-5H3/t20-,23-,24-,25-,26?,30+,31?/m0/s1. The number of amides is 2. The first-order chi connectivity index (χ1) is 20.2. The lowest BCUT2D eigenvalue weighted by molar-refractivity contribution is -0.156. The van der Waals surface area contributed by atoms with Crippen LogP contribution in [0.5, 0.6) is 0 Å². The van der Waals surface area contributed by atoms with E-state index in [-0.39, 0.29) is 44.2 Å². The summed E-state index contributed by atoms with van der Waals surface area (Å²) in [5, 5.41) is 19.1. The van der Waals surface area contributed by atoms with Gasteiger partial charge < -0.3 is 19.6 Å². The van der Waals surface area contributed by atoms with E-state index in [0.717, 1.165) is 5.52 Å². The largest absolute Gasteiger partial charge is 0.465 e. The SMILES string of the molecule is C=CCCOC(=O)[C@@H]1[C@H]2C(=O)N([C@@H](CO)[C@@H](C)CC)C(C(=O)N(CC=C)Cn3nnc4ccccc43)C23CC[C@@]1(C)S3. The lowest BCUT2D eigenvalue weighted by Crippen LogP contribution is -2.58. The molecule has 10 nitrogen and oxygen atoms in total.